The van der Waals surface area contributed by atoms with Crippen LogP contribution in [0.4, 0.5) is 0 Å². The zero-order valence-electron chi connectivity index (χ0n) is 40.0. The Labute approximate surface area is 421 Å². The third-order valence-electron chi connectivity index (χ3n) is 14.9. The van der Waals surface area contributed by atoms with Crippen molar-refractivity contribution in [2.45, 2.75) is 38.5 Å². The summed E-state index contributed by atoms with van der Waals surface area (Å²) in [6.45, 7) is 15.1. The Morgan fingerprint density at radius 2 is 1.06 bits per heavy atom. The van der Waals surface area contributed by atoms with E-state index in [4.69, 9.17) is 11.6 Å². The van der Waals surface area contributed by atoms with E-state index in [1.807, 2.05) is 30.4 Å². The highest BCUT2D eigenvalue weighted by Gasteiger charge is 2.31. The molecule has 0 aliphatic heterocycles. The molecule has 2 heterocycles. The van der Waals surface area contributed by atoms with Gasteiger partial charge in [0, 0.05) is 38.0 Å². The maximum atomic E-state index is 6.65. The molecule has 3 heteroatoms. The van der Waals surface area contributed by atoms with Gasteiger partial charge in [-0.1, -0.05) is 183 Å². The van der Waals surface area contributed by atoms with E-state index in [0.717, 1.165) is 75.3 Å². The maximum absolute atomic E-state index is 6.65. The monoisotopic (exact) mass is 932 g/mol. The molecule has 0 bridgehead atoms. The Morgan fingerprint density at radius 1 is 0.521 bits per heavy atom. The normalized spacial score (nSPS) is 14.2. The summed E-state index contributed by atoms with van der Waals surface area (Å²) in [5.74, 6) is 0.347. The predicted molar refractivity (Wildman–Crippen MR) is 306 cm³/mol. The summed E-state index contributed by atoms with van der Waals surface area (Å²) >= 11 is 6.65. The van der Waals surface area contributed by atoms with Crippen LogP contribution < -0.4 is 0 Å². The molecular formula is C68H53ClN2. The number of fused-ring (bicyclic) bond motifs is 6. The number of hydrogen-bond acceptors (Lipinski definition) is 0. The van der Waals surface area contributed by atoms with Crippen molar-refractivity contribution in [1.82, 2.24) is 9.13 Å². The summed E-state index contributed by atoms with van der Waals surface area (Å²) in [6.07, 6.45) is 10.1. The molecule has 0 saturated heterocycles. The van der Waals surface area contributed by atoms with Crippen LogP contribution in [0.25, 0.3) is 111 Å². The van der Waals surface area contributed by atoms with Crippen LogP contribution in [0.3, 0.4) is 0 Å². The number of hydrogen-bond donors (Lipinski definition) is 0. The molecule has 1 fully saturated rings. The summed E-state index contributed by atoms with van der Waals surface area (Å²) in [4.78, 5) is 0. The molecule has 71 heavy (non-hydrogen) atoms. The third kappa shape index (κ3) is 7.58. The molecule has 2 aromatic heterocycles. The second kappa shape index (κ2) is 18.3. The van der Waals surface area contributed by atoms with E-state index in [-0.39, 0.29) is 0 Å². The van der Waals surface area contributed by atoms with Crippen LogP contribution in [-0.4, -0.2) is 9.13 Å². The second-order valence-corrected chi connectivity index (χ2v) is 19.5. The Hall–Kier alpha value is -8.17. The first-order valence-corrected chi connectivity index (χ1v) is 25.1. The molecule has 1 aliphatic carbocycles. The van der Waals surface area contributed by atoms with Crippen molar-refractivity contribution >= 4 is 60.9 Å². The highest BCUT2D eigenvalue weighted by atomic mass is 35.5. The number of nitrogens with zero attached hydrogens (tertiary/aromatic N) is 2. The SMILES string of the molecule is C=C/C=C(\C=C)n1c2ccccc2c2ccc(-c3ccc4c(c3)c3ccccc3n4-c3ccc(-c4c(-c5ccc(Cl)cc5)c(-c5ccccc5)c(C)c(C5CCCC(=C)C5)c4-c4ccccc4)cc3)cc21. The van der Waals surface area contributed by atoms with Gasteiger partial charge in [-0.3, -0.25) is 0 Å². The van der Waals surface area contributed by atoms with Gasteiger partial charge >= 0.3 is 0 Å². The lowest BCUT2D eigenvalue weighted by molar-refractivity contribution is 0.523. The van der Waals surface area contributed by atoms with Gasteiger partial charge in [-0.15, -0.1) is 0 Å². The minimum absolute atomic E-state index is 0.347. The van der Waals surface area contributed by atoms with Crippen LogP contribution in [0.15, 0.2) is 238 Å². The van der Waals surface area contributed by atoms with Gasteiger partial charge in [-0.2, -0.15) is 0 Å². The fourth-order valence-corrected chi connectivity index (χ4v) is 12.0. The van der Waals surface area contributed by atoms with Gasteiger partial charge in [0.25, 0.3) is 0 Å². The molecule has 1 atom stereocenters. The van der Waals surface area contributed by atoms with Crippen molar-refractivity contribution in [3.05, 3.63) is 254 Å². The Kier molecular flexibility index (Phi) is 11.4. The highest BCUT2D eigenvalue weighted by molar-refractivity contribution is 6.30. The summed E-state index contributed by atoms with van der Waals surface area (Å²) in [5.41, 5.74) is 22.9. The van der Waals surface area contributed by atoms with E-state index < -0.39 is 0 Å². The molecule has 11 aromatic rings. The quantitative estimate of drug-likeness (QED) is 0.0955. The van der Waals surface area contributed by atoms with Crippen LogP contribution in [-0.2, 0) is 0 Å². The van der Waals surface area contributed by atoms with Gasteiger partial charge in [-0.05, 0) is 172 Å². The van der Waals surface area contributed by atoms with E-state index in [0.29, 0.717) is 5.92 Å². The lowest BCUT2D eigenvalue weighted by Crippen LogP contribution is -2.12. The average Bonchev–Trinajstić information content (AvgIpc) is 3.92. The number of aromatic nitrogens is 2. The van der Waals surface area contributed by atoms with Crippen molar-refractivity contribution in [2.75, 3.05) is 0 Å². The fourth-order valence-electron chi connectivity index (χ4n) is 11.9. The lowest BCUT2D eigenvalue weighted by atomic mass is 9.71. The van der Waals surface area contributed by atoms with Crippen molar-refractivity contribution in [3.8, 4) is 61.3 Å². The van der Waals surface area contributed by atoms with E-state index in [9.17, 15) is 0 Å². The van der Waals surface area contributed by atoms with E-state index in [1.54, 1.807) is 0 Å². The molecule has 342 valence electrons. The minimum Gasteiger partial charge on any atom is -0.309 e. The van der Waals surface area contributed by atoms with Crippen molar-refractivity contribution in [3.63, 3.8) is 0 Å². The lowest BCUT2D eigenvalue weighted by Gasteiger charge is -2.33. The van der Waals surface area contributed by atoms with Crippen LogP contribution in [0, 0.1) is 6.92 Å². The van der Waals surface area contributed by atoms with Gasteiger partial charge in [0.05, 0.1) is 22.1 Å². The zero-order chi connectivity index (χ0) is 48.2. The first kappa shape index (κ1) is 44.1. The van der Waals surface area contributed by atoms with Gasteiger partial charge in [-0.25, -0.2) is 0 Å². The van der Waals surface area contributed by atoms with Crippen molar-refractivity contribution in [2.24, 2.45) is 0 Å². The minimum atomic E-state index is 0.347. The average molecular weight is 934 g/mol. The van der Waals surface area contributed by atoms with Crippen LogP contribution in [0.1, 0.15) is 42.7 Å². The van der Waals surface area contributed by atoms with Crippen LogP contribution in [0.5, 0.6) is 0 Å². The van der Waals surface area contributed by atoms with Gasteiger partial charge < -0.3 is 9.13 Å². The molecule has 0 spiro atoms. The maximum Gasteiger partial charge on any atom is 0.0547 e. The fraction of sp³-hybridized carbons (Fsp3) is 0.0882. The molecule has 2 nitrogen and oxygen atoms in total. The molecular weight excluding hydrogens is 880 g/mol. The van der Waals surface area contributed by atoms with E-state index in [2.05, 4.69) is 218 Å². The number of allylic oxidation sites excluding steroid dienone is 5. The molecule has 1 unspecified atom stereocenters. The molecule has 0 N–H and O–H groups in total. The molecule has 1 saturated carbocycles. The number of para-hydroxylation sites is 2. The first-order chi connectivity index (χ1) is 34.9. The summed E-state index contributed by atoms with van der Waals surface area (Å²) in [5, 5.41) is 5.56. The largest absolute Gasteiger partial charge is 0.309 e. The molecule has 0 radical (unpaired) electrons. The van der Waals surface area contributed by atoms with Gasteiger partial charge in [0.2, 0.25) is 0 Å². The molecule has 0 amide bonds. The van der Waals surface area contributed by atoms with Gasteiger partial charge in [0.1, 0.15) is 0 Å². The van der Waals surface area contributed by atoms with Crippen LogP contribution in [0.2, 0.25) is 5.02 Å². The zero-order valence-corrected chi connectivity index (χ0v) is 40.8. The van der Waals surface area contributed by atoms with Crippen LogP contribution >= 0.6 is 11.6 Å². The van der Waals surface area contributed by atoms with Crippen molar-refractivity contribution in [1.29, 1.82) is 0 Å². The second-order valence-electron chi connectivity index (χ2n) is 19.1. The standard InChI is InChI=1S/C68H53ClN2/c1-5-18-54(6-2)70-60-27-15-13-25-56(60)58-39-33-51(43-63(58)70)50-34-40-62-59(42-50)57-26-14-16-28-61(57)71(62)55-37-31-49(32-38-55)68-66(47-22-11-8-12-23-47)65(52-24-17-19-44(3)41-52)45(4)64(46-20-9-7-10-21-46)67(68)48-29-35-53(69)36-30-48/h5-16,18,20-23,25-40,42-43,52H,1-3,17,19,24,41H2,4H3/b54-18+. The number of halogens is 1. The van der Waals surface area contributed by atoms with Crippen molar-refractivity contribution < 1.29 is 0 Å². The molecule has 1 aliphatic rings. The first-order valence-electron chi connectivity index (χ1n) is 24.8. The summed E-state index contributed by atoms with van der Waals surface area (Å²) in [7, 11) is 0. The molecule has 9 aromatic carbocycles. The number of rotatable bonds is 10. The Morgan fingerprint density at radius 3 is 1.73 bits per heavy atom. The Bertz CT molecular complexity index is 3920. The number of benzene rings is 9. The summed E-state index contributed by atoms with van der Waals surface area (Å²) in [6, 6.07) is 71.0. The smallest absolute Gasteiger partial charge is 0.0547 e. The molecule has 12 rings (SSSR count). The summed E-state index contributed by atoms with van der Waals surface area (Å²) < 4.78 is 4.72. The van der Waals surface area contributed by atoms with E-state index >= 15 is 0 Å². The topological polar surface area (TPSA) is 9.86 Å². The Balaban J connectivity index is 1.06. The van der Waals surface area contributed by atoms with Gasteiger partial charge in [0.15, 0.2) is 0 Å². The third-order valence-corrected chi connectivity index (χ3v) is 15.2. The highest BCUT2D eigenvalue weighted by Crippen LogP contribution is 2.54. The van der Waals surface area contributed by atoms with E-state index in [1.165, 1.54) is 82.7 Å². The predicted octanol–water partition coefficient (Wildman–Crippen LogP) is 19.6.